The van der Waals surface area contributed by atoms with Crippen molar-refractivity contribution < 1.29 is 14.3 Å². The summed E-state index contributed by atoms with van der Waals surface area (Å²) >= 11 is 3.33. The Labute approximate surface area is 131 Å². The van der Waals surface area contributed by atoms with Crippen LogP contribution in [0.3, 0.4) is 0 Å². The summed E-state index contributed by atoms with van der Waals surface area (Å²) in [6.07, 6.45) is 3.22. The summed E-state index contributed by atoms with van der Waals surface area (Å²) in [4.78, 5) is 23.3. The molecule has 106 valence electrons. The van der Waals surface area contributed by atoms with Gasteiger partial charge in [0.05, 0.1) is 12.7 Å². The van der Waals surface area contributed by atoms with Gasteiger partial charge in [-0.05, 0) is 48.0 Å². The third kappa shape index (κ3) is 4.13. The molecule has 0 bridgehead atoms. The van der Waals surface area contributed by atoms with Gasteiger partial charge in [0, 0.05) is 10.0 Å². The lowest BCUT2D eigenvalue weighted by Crippen LogP contribution is -2.00. The minimum Gasteiger partial charge on any atom is -0.465 e. The van der Waals surface area contributed by atoms with Gasteiger partial charge in [0.2, 0.25) is 0 Å². The molecule has 0 spiro atoms. The molecule has 0 aliphatic carbocycles. The average Bonchev–Trinajstić information content (AvgIpc) is 2.53. The Morgan fingerprint density at radius 3 is 2.10 bits per heavy atom. The topological polar surface area (TPSA) is 43.4 Å². The zero-order valence-electron chi connectivity index (χ0n) is 11.4. The van der Waals surface area contributed by atoms with Gasteiger partial charge in [-0.15, -0.1) is 0 Å². The highest BCUT2D eigenvalue weighted by atomic mass is 79.9. The molecule has 21 heavy (non-hydrogen) atoms. The van der Waals surface area contributed by atoms with Crippen LogP contribution >= 0.6 is 15.9 Å². The van der Waals surface area contributed by atoms with Crippen LogP contribution in [0.4, 0.5) is 0 Å². The van der Waals surface area contributed by atoms with Gasteiger partial charge in [0.1, 0.15) is 0 Å². The Morgan fingerprint density at radius 1 is 0.952 bits per heavy atom. The maximum atomic E-state index is 12.0. The monoisotopic (exact) mass is 344 g/mol. The van der Waals surface area contributed by atoms with E-state index in [9.17, 15) is 9.59 Å². The van der Waals surface area contributed by atoms with E-state index in [1.165, 1.54) is 13.2 Å². The zero-order valence-corrected chi connectivity index (χ0v) is 13.0. The van der Waals surface area contributed by atoms with Gasteiger partial charge in [-0.3, -0.25) is 4.79 Å². The summed E-state index contributed by atoms with van der Waals surface area (Å²) in [5, 5.41) is 0. The second kappa shape index (κ2) is 6.99. The summed E-state index contributed by atoms with van der Waals surface area (Å²) in [5.41, 5.74) is 1.95. The maximum Gasteiger partial charge on any atom is 0.337 e. The van der Waals surface area contributed by atoms with E-state index >= 15 is 0 Å². The number of allylic oxidation sites excluding steroid dienone is 1. The Balaban J connectivity index is 2.08. The number of halogens is 1. The first-order chi connectivity index (χ1) is 10.1. The van der Waals surface area contributed by atoms with Crippen LogP contribution in [0.1, 0.15) is 26.3 Å². The Bertz CT molecular complexity index is 670. The summed E-state index contributed by atoms with van der Waals surface area (Å²) in [6, 6.07) is 14.0. The van der Waals surface area contributed by atoms with Crippen molar-refractivity contribution in [3.05, 3.63) is 75.8 Å². The number of hydrogen-bond donors (Lipinski definition) is 0. The number of methoxy groups -OCH3 is 1. The third-order valence-corrected chi connectivity index (χ3v) is 3.42. The summed E-state index contributed by atoms with van der Waals surface area (Å²) < 4.78 is 5.56. The van der Waals surface area contributed by atoms with E-state index in [0.717, 1.165) is 10.0 Å². The SMILES string of the molecule is COC(=O)c1ccc(/C=C/C(=O)c2ccc(Br)cc2)cc1. The number of rotatable bonds is 4. The van der Waals surface area contributed by atoms with E-state index in [2.05, 4.69) is 20.7 Å². The quantitative estimate of drug-likeness (QED) is 0.475. The molecule has 4 heteroatoms. The molecule has 0 fully saturated rings. The number of ether oxygens (including phenoxy) is 1. The molecular weight excluding hydrogens is 332 g/mol. The number of hydrogen-bond acceptors (Lipinski definition) is 3. The number of carbonyl (C=O) groups is 2. The molecule has 0 atom stereocenters. The molecule has 0 aromatic heterocycles. The minimum atomic E-state index is -0.378. The van der Waals surface area contributed by atoms with Crippen LogP contribution < -0.4 is 0 Å². The van der Waals surface area contributed by atoms with Crippen LogP contribution in [0.2, 0.25) is 0 Å². The molecule has 0 amide bonds. The van der Waals surface area contributed by atoms with Crippen molar-refractivity contribution in [1.82, 2.24) is 0 Å². The first-order valence-corrected chi connectivity index (χ1v) is 7.06. The largest absolute Gasteiger partial charge is 0.465 e. The normalized spacial score (nSPS) is 10.6. The van der Waals surface area contributed by atoms with Crippen LogP contribution in [0.25, 0.3) is 6.08 Å². The van der Waals surface area contributed by atoms with E-state index < -0.39 is 0 Å². The summed E-state index contributed by atoms with van der Waals surface area (Å²) in [5.74, 6) is -0.448. The van der Waals surface area contributed by atoms with Crippen molar-refractivity contribution in [3.8, 4) is 0 Å². The predicted molar refractivity (Wildman–Crippen MR) is 85.3 cm³/mol. The van der Waals surface area contributed by atoms with Gasteiger partial charge in [-0.1, -0.05) is 34.1 Å². The van der Waals surface area contributed by atoms with Crippen molar-refractivity contribution in [2.75, 3.05) is 7.11 Å². The number of benzene rings is 2. The molecule has 0 N–H and O–H groups in total. The highest BCUT2D eigenvalue weighted by molar-refractivity contribution is 9.10. The van der Waals surface area contributed by atoms with Gasteiger partial charge in [0.25, 0.3) is 0 Å². The lowest BCUT2D eigenvalue weighted by Gasteiger charge is -1.99. The standard InChI is InChI=1S/C17H13BrO3/c1-21-17(20)14-5-2-12(3-6-14)4-11-16(19)13-7-9-15(18)10-8-13/h2-11H,1H3/b11-4+. The van der Waals surface area contributed by atoms with Crippen molar-refractivity contribution in [2.45, 2.75) is 0 Å². The molecule has 2 aromatic rings. The molecule has 0 aliphatic heterocycles. The smallest absolute Gasteiger partial charge is 0.337 e. The highest BCUT2D eigenvalue weighted by Gasteiger charge is 2.04. The molecule has 0 unspecified atom stereocenters. The zero-order chi connectivity index (χ0) is 15.2. The molecule has 3 nitrogen and oxygen atoms in total. The van der Waals surface area contributed by atoms with E-state index in [4.69, 9.17) is 0 Å². The van der Waals surface area contributed by atoms with Crippen molar-refractivity contribution in [1.29, 1.82) is 0 Å². The molecule has 0 radical (unpaired) electrons. The summed E-state index contributed by atoms with van der Waals surface area (Å²) in [7, 11) is 1.34. The van der Waals surface area contributed by atoms with Crippen LogP contribution in [-0.2, 0) is 4.74 Å². The fourth-order valence-corrected chi connectivity index (χ4v) is 1.99. The van der Waals surface area contributed by atoms with Crippen molar-refractivity contribution >= 4 is 33.8 Å². The number of ketones is 1. The van der Waals surface area contributed by atoms with Gasteiger partial charge in [-0.2, -0.15) is 0 Å². The molecule has 2 aromatic carbocycles. The molecule has 0 saturated heterocycles. The molecule has 0 aliphatic rings. The number of esters is 1. The third-order valence-electron chi connectivity index (χ3n) is 2.89. The molecule has 2 rings (SSSR count). The van der Waals surface area contributed by atoms with E-state index in [1.807, 2.05) is 12.1 Å². The van der Waals surface area contributed by atoms with E-state index in [-0.39, 0.29) is 11.8 Å². The second-order valence-electron chi connectivity index (χ2n) is 4.32. The van der Waals surface area contributed by atoms with Crippen LogP contribution in [-0.4, -0.2) is 18.9 Å². The Morgan fingerprint density at radius 2 is 1.52 bits per heavy atom. The van der Waals surface area contributed by atoms with Crippen molar-refractivity contribution in [2.24, 2.45) is 0 Å². The van der Waals surface area contributed by atoms with Crippen molar-refractivity contribution in [3.63, 3.8) is 0 Å². The van der Waals surface area contributed by atoms with Crippen LogP contribution in [0.5, 0.6) is 0 Å². The lowest BCUT2D eigenvalue weighted by molar-refractivity contribution is 0.0600. The van der Waals surface area contributed by atoms with E-state index in [0.29, 0.717) is 11.1 Å². The minimum absolute atomic E-state index is 0.0699. The number of carbonyl (C=O) groups excluding carboxylic acids is 2. The summed E-state index contributed by atoms with van der Waals surface area (Å²) in [6.45, 7) is 0. The molecular formula is C17H13BrO3. The average molecular weight is 345 g/mol. The maximum absolute atomic E-state index is 12.0. The van der Waals surface area contributed by atoms with Crippen LogP contribution in [0.15, 0.2) is 59.1 Å². The lowest BCUT2D eigenvalue weighted by atomic mass is 10.1. The Hall–Kier alpha value is -2.20. The molecule has 0 heterocycles. The highest BCUT2D eigenvalue weighted by Crippen LogP contribution is 2.12. The van der Waals surface area contributed by atoms with Gasteiger partial charge in [-0.25, -0.2) is 4.79 Å². The first kappa shape index (κ1) is 15.2. The fourth-order valence-electron chi connectivity index (χ4n) is 1.73. The van der Waals surface area contributed by atoms with E-state index in [1.54, 1.807) is 42.5 Å². The first-order valence-electron chi connectivity index (χ1n) is 6.26. The van der Waals surface area contributed by atoms with Crippen LogP contribution in [0, 0.1) is 0 Å². The molecule has 0 saturated carbocycles. The fraction of sp³-hybridized carbons (Fsp3) is 0.0588. The second-order valence-corrected chi connectivity index (χ2v) is 5.23. The predicted octanol–water partition coefficient (Wildman–Crippen LogP) is 4.13. The van der Waals surface area contributed by atoms with Gasteiger partial charge < -0.3 is 4.74 Å². The van der Waals surface area contributed by atoms with Gasteiger partial charge in [0.15, 0.2) is 5.78 Å². The van der Waals surface area contributed by atoms with Gasteiger partial charge >= 0.3 is 5.97 Å². The Kier molecular flexibility index (Phi) is 5.06.